The zero-order valence-electron chi connectivity index (χ0n) is 14.4. The Bertz CT molecular complexity index is 413. The topological polar surface area (TPSA) is 44.4 Å². The van der Waals surface area contributed by atoms with Gasteiger partial charge in [0.1, 0.15) is 0 Å². The summed E-state index contributed by atoms with van der Waals surface area (Å²) in [5.74, 6) is -0.00365. The number of unbranched alkanes of at least 4 members (excludes halogenated alkanes) is 1. The fourth-order valence-electron chi connectivity index (χ4n) is 2.19. The Morgan fingerprint density at radius 2 is 1.70 bits per heavy atom. The SMILES string of the molecule is CCCCN(CC)c1ccc(C(=O)NCCNCC)cc1.Cl.Cl. The van der Waals surface area contributed by atoms with Crippen molar-refractivity contribution in [1.82, 2.24) is 10.6 Å². The van der Waals surface area contributed by atoms with Gasteiger partial charge in [-0.15, -0.1) is 24.8 Å². The lowest BCUT2D eigenvalue weighted by Crippen LogP contribution is -2.31. The van der Waals surface area contributed by atoms with Crippen molar-refractivity contribution >= 4 is 36.4 Å². The van der Waals surface area contributed by atoms with E-state index in [-0.39, 0.29) is 30.7 Å². The van der Waals surface area contributed by atoms with Crippen LogP contribution in [0.15, 0.2) is 24.3 Å². The van der Waals surface area contributed by atoms with E-state index in [1.165, 1.54) is 18.5 Å². The number of likely N-dealkylation sites (N-methyl/N-ethyl adjacent to an activating group) is 1. The van der Waals surface area contributed by atoms with Crippen LogP contribution in [-0.2, 0) is 0 Å². The zero-order chi connectivity index (χ0) is 15.5. The molecule has 23 heavy (non-hydrogen) atoms. The number of nitrogens with one attached hydrogen (secondary N) is 2. The number of hydrogen-bond donors (Lipinski definition) is 2. The first-order chi connectivity index (χ1) is 10.2. The summed E-state index contributed by atoms with van der Waals surface area (Å²) >= 11 is 0. The van der Waals surface area contributed by atoms with Gasteiger partial charge in [0, 0.05) is 37.4 Å². The van der Waals surface area contributed by atoms with E-state index in [4.69, 9.17) is 0 Å². The maximum absolute atomic E-state index is 12.0. The number of nitrogens with zero attached hydrogens (tertiary/aromatic N) is 1. The molecule has 6 heteroatoms. The number of hydrogen-bond acceptors (Lipinski definition) is 3. The molecule has 4 nitrogen and oxygen atoms in total. The van der Waals surface area contributed by atoms with Crippen LogP contribution in [-0.4, -0.2) is 38.6 Å². The Morgan fingerprint density at radius 1 is 1.04 bits per heavy atom. The van der Waals surface area contributed by atoms with E-state index in [0.717, 1.165) is 31.7 Å². The minimum Gasteiger partial charge on any atom is -0.372 e. The summed E-state index contributed by atoms with van der Waals surface area (Å²) in [6.45, 7) is 10.9. The molecule has 0 saturated carbocycles. The van der Waals surface area contributed by atoms with Crippen LogP contribution in [0.2, 0.25) is 0 Å². The number of halogens is 2. The molecule has 1 aromatic rings. The van der Waals surface area contributed by atoms with Crippen molar-refractivity contribution in [2.75, 3.05) is 37.6 Å². The summed E-state index contributed by atoms with van der Waals surface area (Å²) in [7, 11) is 0. The van der Waals surface area contributed by atoms with E-state index in [0.29, 0.717) is 6.54 Å². The molecule has 0 unspecified atom stereocenters. The molecule has 0 fully saturated rings. The molecule has 0 bridgehead atoms. The van der Waals surface area contributed by atoms with Crippen LogP contribution in [0.4, 0.5) is 5.69 Å². The monoisotopic (exact) mass is 363 g/mol. The lowest BCUT2D eigenvalue weighted by molar-refractivity contribution is 0.0954. The molecule has 2 N–H and O–H groups in total. The molecule has 1 rings (SSSR count). The molecule has 0 aromatic heterocycles. The van der Waals surface area contributed by atoms with Gasteiger partial charge in [-0.1, -0.05) is 20.3 Å². The third kappa shape index (κ3) is 9.04. The van der Waals surface area contributed by atoms with Gasteiger partial charge in [0.15, 0.2) is 0 Å². The van der Waals surface area contributed by atoms with Gasteiger partial charge in [-0.05, 0) is 44.2 Å². The van der Waals surface area contributed by atoms with Crippen LogP contribution in [0.25, 0.3) is 0 Å². The fraction of sp³-hybridized carbons (Fsp3) is 0.588. The quantitative estimate of drug-likeness (QED) is 0.625. The van der Waals surface area contributed by atoms with Gasteiger partial charge in [-0.25, -0.2) is 0 Å². The third-order valence-corrected chi connectivity index (χ3v) is 3.50. The van der Waals surface area contributed by atoms with Gasteiger partial charge in [-0.2, -0.15) is 0 Å². The number of anilines is 1. The highest BCUT2D eigenvalue weighted by Crippen LogP contribution is 2.15. The molecular weight excluding hydrogens is 333 g/mol. The largest absolute Gasteiger partial charge is 0.372 e. The van der Waals surface area contributed by atoms with Crippen LogP contribution >= 0.6 is 24.8 Å². The number of amides is 1. The number of benzene rings is 1. The van der Waals surface area contributed by atoms with Crippen molar-refractivity contribution in [2.24, 2.45) is 0 Å². The van der Waals surface area contributed by atoms with Crippen molar-refractivity contribution in [3.05, 3.63) is 29.8 Å². The summed E-state index contributed by atoms with van der Waals surface area (Å²) in [5, 5.41) is 6.10. The second-order valence-corrected chi connectivity index (χ2v) is 5.09. The molecule has 0 aliphatic heterocycles. The van der Waals surface area contributed by atoms with E-state index in [1.54, 1.807) is 0 Å². The number of carbonyl (C=O) groups is 1. The Hall–Kier alpha value is -0.970. The summed E-state index contributed by atoms with van der Waals surface area (Å²) in [6, 6.07) is 7.90. The molecule has 134 valence electrons. The van der Waals surface area contributed by atoms with Crippen molar-refractivity contribution in [2.45, 2.75) is 33.6 Å². The highest BCUT2D eigenvalue weighted by molar-refractivity contribution is 5.94. The number of rotatable bonds is 10. The van der Waals surface area contributed by atoms with Crippen LogP contribution < -0.4 is 15.5 Å². The van der Waals surface area contributed by atoms with E-state index in [2.05, 4.69) is 36.3 Å². The second kappa shape index (κ2) is 14.6. The molecule has 1 aromatic carbocycles. The average Bonchev–Trinajstić information content (AvgIpc) is 2.52. The third-order valence-electron chi connectivity index (χ3n) is 3.50. The van der Waals surface area contributed by atoms with Crippen LogP contribution in [0.1, 0.15) is 44.0 Å². The maximum atomic E-state index is 12.0. The van der Waals surface area contributed by atoms with E-state index < -0.39 is 0 Å². The van der Waals surface area contributed by atoms with Crippen molar-refractivity contribution in [3.63, 3.8) is 0 Å². The summed E-state index contributed by atoms with van der Waals surface area (Å²) in [6.07, 6.45) is 2.39. The first-order valence-corrected chi connectivity index (χ1v) is 8.06. The summed E-state index contributed by atoms with van der Waals surface area (Å²) in [4.78, 5) is 14.3. The minimum absolute atomic E-state index is 0. The van der Waals surface area contributed by atoms with Gasteiger partial charge in [0.05, 0.1) is 0 Å². The van der Waals surface area contributed by atoms with Crippen LogP contribution in [0, 0.1) is 0 Å². The van der Waals surface area contributed by atoms with E-state index >= 15 is 0 Å². The lowest BCUT2D eigenvalue weighted by atomic mass is 10.1. The number of carbonyl (C=O) groups excluding carboxylic acids is 1. The normalized spacial score (nSPS) is 9.52. The van der Waals surface area contributed by atoms with Crippen molar-refractivity contribution in [1.29, 1.82) is 0 Å². The Labute approximate surface area is 153 Å². The molecule has 1 amide bonds. The molecule has 0 radical (unpaired) electrons. The first kappa shape index (κ1) is 24.3. The molecule has 0 spiro atoms. The Morgan fingerprint density at radius 3 is 2.22 bits per heavy atom. The van der Waals surface area contributed by atoms with Gasteiger partial charge < -0.3 is 15.5 Å². The van der Waals surface area contributed by atoms with Gasteiger partial charge in [-0.3, -0.25) is 4.79 Å². The van der Waals surface area contributed by atoms with E-state index in [1.807, 2.05) is 24.3 Å². The Balaban J connectivity index is 0. The molecule has 0 aliphatic carbocycles. The highest BCUT2D eigenvalue weighted by atomic mass is 35.5. The zero-order valence-corrected chi connectivity index (χ0v) is 16.1. The summed E-state index contributed by atoms with van der Waals surface area (Å²) in [5.41, 5.74) is 1.91. The van der Waals surface area contributed by atoms with Crippen molar-refractivity contribution in [3.8, 4) is 0 Å². The standard InChI is InChI=1S/C17H29N3O.2ClH/c1-4-7-14-20(6-3)16-10-8-15(9-11-16)17(21)19-13-12-18-5-2;;/h8-11,18H,4-7,12-14H2,1-3H3,(H,19,21);2*1H. The predicted molar refractivity (Wildman–Crippen MR) is 105 cm³/mol. The predicted octanol–water partition coefficient (Wildman–Crippen LogP) is 3.50. The van der Waals surface area contributed by atoms with Crippen LogP contribution in [0.5, 0.6) is 0 Å². The molecular formula is C17H31Cl2N3O. The molecule has 0 heterocycles. The fourth-order valence-corrected chi connectivity index (χ4v) is 2.19. The summed E-state index contributed by atoms with van der Waals surface area (Å²) < 4.78 is 0. The van der Waals surface area contributed by atoms with Gasteiger partial charge in [0.25, 0.3) is 5.91 Å². The van der Waals surface area contributed by atoms with Crippen LogP contribution in [0.3, 0.4) is 0 Å². The van der Waals surface area contributed by atoms with E-state index in [9.17, 15) is 4.79 Å². The molecule has 0 aliphatic rings. The van der Waals surface area contributed by atoms with Gasteiger partial charge >= 0.3 is 0 Å². The smallest absolute Gasteiger partial charge is 0.251 e. The highest BCUT2D eigenvalue weighted by Gasteiger charge is 2.07. The maximum Gasteiger partial charge on any atom is 0.251 e. The first-order valence-electron chi connectivity index (χ1n) is 8.06. The minimum atomic E-state index is -0.00365. The van der Waals surface area contributed by atoms with Gasteiger partial charge in [0.2, 0.25) is 0 Å². The Kier molecular flexibility index (Phi) is 15.4. The molecule has 0 atom stereocenters. The lowest BCUT2D eigenvalue weighted by Gasteiger charge is -2.23. The second-order valence-electron chi connectivity index (χ2n) is 5.09. The van der Waals surface area contributed by atoms with Crippen molar-refractivity contribution < 1.29 is 4.79 Å². The average molecular weight is 364 g/mol. The molecule has 0 saturated heterocycles.